The number of carbonyl (C=O) groups is 1. The van der Waals surface area contributed by atoms with Crippen molar-refractivity contribution < 1.29 is 13.9 Å². The average Bonchev–Trinajstić information content (AvgIpc) is 2.71. The van der Waals surface area contributed by atoms with E-state index in [-0.39, 0.29) is 17.9 Å². The molecule has 0 fully saturated rings. The first-order valence-corrected chi connectivity index (χ1v) is 4.68. The van der Waals surface area contributed by atoms with Crippen LogP contribution in [-0.4, -0.2) is 29.2 Å². The van der Waals surface area contributed by atoms with E-state index in [2.05, 4.69) is 9.97 Å². The summed E-state index contributed by atoms with van der Waals surface area (Å²) in [6.07, 6.45) is 1.49. The molecule has 2 aromatic rings. The third kappa shape index (κ3) is 1.81. The number of aromatic nitrogens is 2. The van der Waals surface area contributed by atoms with Crippen molar-refractivity contribution in [2.24, 2.45) is 5.73 Å². The Morgan fingerprint density at radius 2 is 2.38 bits per heavy atom. The first kappa shape index (κ1) is 10.4. The number of rotatable bonds is 4. The molecule has 0 saturated heterocycles. The number of halogens is 1. The van der Waals surface area contributed by atoms with Gasteiger partial charge < -0.3 is 15.5 Å². The lowest BCUT2D eigenvalue weighted by Gasteiger charge is -2.07. The Morgan fingerprint density at radius 3 is 3.06 bits per heavy atom. The van der Waals surface area contributed by atoms with Gasteiger partial charge in [-0.2, -0.15) is 0 Å². The highest BCUT2D eigenvalue weighted by molar-refractivity contribution is 5.99. The standard InChI is InChI=1S/C10H10FN3O2/c11-1-2-16-9-4-8-7(13-5-14-8)3-6(9)10(12)15/h3-5H,1-2H2,(H2,12,15)(H,13,14). The second-order valence-electron chi connectivity index (χ2n) is 3.17. The Morgan fingerprint density at radius 1 is 1.56 bits per heavy atom. The molecule has 2 rings (SSSR count). The first-order chi connectivity index (χ1) is 7.72. The average molecular weight is 223 g/mol. The van der Waals surface area contributed by atoms with Crippen LogP contribution in [0.25, 0.3) is 11.0 Å². The molecule has 0 aliphatic rings. The van der Waals surface area contributed by atoms with E-state index in [0.717, 1.165) is 0 Å². The lowest BCUT2D eigenvalue weighted by Crippen LogP contribution is -2.13. The summed E-state index contributed by atoms with van der Waals surface area (Å²) in [5.41, 5.74) is 6.73. The SMILES string of the molecule is NC(=O)c1cc2[nH]cnc2cc1OCCF. The Balaban J connectivity index is 2.49. The fourth-order valence-electron chi connectivity index (χ4n) is 1.42. The zero-order valence-corrected chi connectivity index (χ0v) is 8.37. The number of amides is 1. The van der Waals surface area contributed by atoms with E-state index in [1.165, 1.54) is 12.4 Å². The summed E-state index contributed by atoms with van der Waals surface area (Å²) < 4.78 is 17.1. The second-order valence-corrected chi connectivity index (χ2v) is 3.17. The monoisotopic (exact) mass is 223 g/mol. The quantitative estimate of drug-likeness (QED) is 0.811. The van der Waals surface area contributed by atoms with E-state index in [0.29, 0.717) is 11.0 Å². The molecule has 1 aromatic heterocycles. The first-order valence-electron chi connectivity index (χ1n) is 4.68. The Kier molecular flexibility index (Phi) is 2.72. The normalized spacial score (nSPS) is 10.6. The second kappa shape index (κ2) is 4.18. The van der Waals surface area contributed by atoms with E-state index in [1.54, 1.807) is 6.07 Å². The van der Waals surface area contributed by atoms with Crippen molar-refractivity contribution >= 4 is 16.9 Å². The number of carbonyl (C=O) groups excluding carboxylic acids is 1. The molecule has 0 saturated carbocycles. The Labute approximate surface area is 90.4 Å². The number of primary amides is 1. The number of imidazole rings is 1. The van der Waals surface area contributed by atoms with Crippen molar-refractivity contribution in [3.8, 4) is 5.75 Å². The number of fused-ring (bicyclic) bond motifs is 1. The van der Waals surface area contributed by atoms with E-state index < -0.39 is 12.6 Å². The van der Waals surface area contributed by atoms with Gasteiger partial charge in [0.1, 0.15) is 19.0 Å². The number of nitrogens with zero attached hydrogens (tertiary/aromatic N) is 1. The molecule has 6 heteroatoms. The van der Waals surface area contributed by atoms with Crippen molar-refractivity contribution in [2.75, 3.05) is 13.3 Å². The summed E-state index contributed by atoms with van der Waals surface area (Å²) in [5, 5.41) is 0. The molecule has 3 N–H and O–H groups in total. The van der Waals surface area contributed by atoms with Crippen LogP contribution in [0, 0.1) is 0 Å². The lowest BCUT2D eigenvalue weighted by molar-refractivity contribution is 0.0996. The predicted octanol–water partition coefficient (Wildman–Crippen LogP) is 1.01. The number of hydrogen-bond donors (Lipinski definition) is 2. The van der Waals surface area contributed by atoms with Crippen LogP contribution >= 0.6 is 0 Å². The fourth-order valence-corrected chi connectivity index (χ4v) is 1.42. The van der Waals surface area contributed by atoms with Crippen LogP contribution in [0.3, 0.4) is 0 Å². The van der Waals surface area contributed by atoms with E-state index in [9.17, 15) is 9.18 Å². The highest BCUT2D eigenvalue weighted by Gasteiger charge is 2.12. The summed E-state index contributed by atoms with van der Waals surface area (Å²) in [7, 11) is 0. The molecule has 1 amide bonds. The van der Waals surface area contributed by atoms with Crippen LogP contribution in [0.2, 0.25) is 0 Å². The Hall–Kier alpha value is -2.11. The smallest absolute Gasteiger partial charge is 0.252 e. The van der Waals surface area contributed by atoms with Crippen LogP contribution in [-0.2, 0) is 0 Å². The molecular formula is C10H10FN3O2. The maximum atomic E-state index is 12.0. The zero-order chi connectivity index (χ0) is 11.5. The topological polar surface area (TPSA) is 81.0 Å². The minimum Gasteiger partial charge on any atom is -0.490 e. The van der Waals surface area contributed by atoms with Gasteiger partial charge in [-0.15, -0.1) is 0 Å². The van der Waals surface area contributed by atoms with Crippen LogP contribution in [0.5, 0.6) is 5.75 Å². The Bertz CT molecular complexity index is 524. The number of H-pyrrole nitrogens is 1. The van der Waals surface area contributed by atoms with Crippen LogP contribution in [0.4, 0.5) is 4.39 Å². The van der Waals surface area contributed by atoms with Crippen molar-refractivity contribution in [3.63, 3.8) is 0 Å². The molecule has 0 spiro atoms. The van der Waals surface area contributed by atoms with Gasteiger partial charge in [0, 0.05) is 6.07 Å². The number of alkyl halides is 1. The largest absolute Gasteiger partial charge is 0.490 e. The molecular weight excluding hydrogens is 213 g/mol. The number of nitrogens with one attached hydrogen (secondary N) is 1. The third-order valence-electron chi connectivity index (χ3n) is 2.12. The predicted molar refractivity (Wildman–Crippen MR) is 56.1 cm³/mol. The fraction of sp³-hybridized carbons (Fsp3) is 0.200. The molecule has 0 aliphatic heterocycles. The lowest BCUT2D eigenvalue weighted by atomic mass is 10.1. The summed E-state index contributed by atoms with van der Waals surface area (Å²) in [6, 6.07) is 3.10. The number of nitrogens with two attached hydrogens (primary N) is 1. The van der Waals surface area contributed by atoms with Gasteiger partial charge in [-0.25, -0.2) is 9.37 Å². The number of hydrogen-bond acceptors (Lipinski definition) is 3. The van der Waals surface area contributed by atoms with Gasteiger partial charge in [0.25, 0.3) is 5.91 Å². The molecule has 5 nitrogen and oxygen atoms in total. The minimum atomic E-state index is -0.628. The van der Waals surface area contributed by atoms with Gasteiger partial charge in [-0.05, 0) is 6.07 Å². The molecule has 0 radical (unpaired) electrons. The van der Waals surface area contributed by atoms with Gasteiger partial charge in [0.15, 0.2) is 0 Å². The van der Waals surface area contributed by atoms with E-state index in [1.807, 2.05) is 0 Å². The van der Waals surface area contributed by atoms with Gasteiger partial charge in [0.2, 0.25) is 0 Å². The highest BCUT2D eigenvalue weighted by atomic mass is 19.1. The maximum absolute atomic E-state index is 12.0. The molecule has 84 valence electrons. The summed E-state index contributed by atoms with van der Waals surface area (Å²) in [6.45, 7) is -0.743. The van der Waals surface area contributed by atoms with Crippen LogP contribution in [0.15, 0.2) is 18.5 Å². The minimum absolute atomic E-state index is 0.115. The summed E-state index contributed by atoms with van der Waals surface area (Å²) in [4.78, 5) is 18.0. The van der Waals surface area contributed by atoms with E-state index in [4.69, 9.17) is 10.5 Å². The van der Waals surface area contributed by atoms with Crippen molar-refractivity contribution in [1.29, 1.82) is 0 Å². The zero-order valence-electron chi connectivity index (χ0n) is 8.37. The van der Waals surface area contributed by atoms with E-state index >= 15 is 0 Å². The molecule has 0 bridgehead atoms. The number of aromatic amines is 1. The summed E-state index contributed by atoms with van der Waals surface area (Å²) >= 11 is 0. The number of benzene rings is 1. The van der Waals surface area contributed by atoms with Crippen molar-refractivity contribution in [2.45, 2.75) is 0 Å². The van der Waals surface area contributed by atoms with Crippen LogP contribution in [0.1, 0.15) is 10.4 Å². The molecule has 1 heterocycles. The van der Waals surface area contributed by atoms with Crippen molar-refractivity contribution in [1.82, 2.24) is 9.97 Å². The molecule has 16 heavy (non-hydrogen) atoms. The molecule has 0 atom stereocenters. The summed E-state index contributed by atoms with van der Waals surface area (Å²) in [5.74, 6) is -0.366. The van der Waals surface area contributed by atoms with Crippen LogP contribution < -0.4 is 10.5 Å². The van der Waals surface area contributed by atoms with Gasteiger partial charge in [-0.3, -0.25) is 4.79 Å². The molecule has 0 unspecified atom stereocenters. The molecule has 1 aromatic carbocycles. The highest BCUT2D eigenvalue weighted by Crippen LogP contribution is 2.23. The van der Waals surface area contributed by atoms with Crippen molar-refractivity contribution in [3.05, 3.63) is 24.0 Å². The van der Waals surface area contributed by atoms with Gasteiger partial charge in [-0.1, -0.05) is 0 Å². The molecule has 0 aliphatic carbocycles. The number of ether oxygens (including phenoxy) is 1. The third-order valence-corrected chi connectivity index (χ3v) is 2.12. The van der Waals surface area contributed by atoms with Gasteiger partial charge in [0.05, 0.1) is 22.9 Å². The maximum Gasteiger partial charge on any atom is 0.252 e. The van der Waals surface area contributed by atoms with Gasteiger partial charge >= 0.3 is 0 Å².